The highest BCUT2D eigenvalue weighted by Gasteiger charge is 2.09. The normalized spacial score (nSPS) is 12.9. The minimum atomic E-state index is -0.922. The largest absolute Gasteiger partial charge is 0.478 e. The minimum absolute atomic E-state index is 0.0607. The number of fused-ring (bicyclic) bond motifs is 1. The van der Waals surface area contributed by atoms with Crippen LogP contribution in [0.1, 0.15) is 28.9 Å². The molecule has 0 spiro atoms. The van der Waals surface area contributed by atoms with Gasteiger partial charge in [0.1, 0.15) is 0 Å². The van der Waals surface area contributed by atoms with Crippen LogP contribution in [-0.4, -0.2) is 16.1 Å². The number of nitrogens with one attached hydrogen (secondary N) is 1. The second-order valence-electron chi connectivity index (χ2n) is 3.60. The zero-order valence-electron chi connectivity index (χ0n) is 8.32. The van der Waals surface area contributed by atoms with E-state index in [1.165, 1.54) is 0 Å². The van der Waals surface area contributed by atoms with Crippen LogP contribution in [-0.2, 0) is 0 Å². The second kappa shape index (κ2) is 3.40. The molecule has 0 aliphatic rings. The molecule has 1 aromatic carbocycles. The molecule has 0 radical (unpaired) electrons. The number of aromatic nitrogens is 1. The highest BCUT2D eigenvalue weighted by Crippen LogP contribution is 2.23. The summed E-state index contributed by atoms with van der Waals surface area (Å²) in [6, 6.07) is 4.93. The number of carbonyl (C=O) groups is 1. The summed E-state index contributed by atoms with van der Waals surface area (Å²) in [4.78, 5) is 13.8. The second-order valence-corrected chi connectivity index (χ2v) is 3.60. The first kappa shape index (κ1) is 9.73. The van der Waals surface area contributed by atoms with Gasteiger partial charge in [-0.05, 0) is 24.6 Å². The van der Waals surface area contributed by atoms with E-state index < -0.39 is 5.97 Å². The molecule has 15 heavy (non-hydrogen) atoms. The summed E-state index contributed by atoms with van der Waals surface area (Å²) in [5.74, 6) is -0.922. The lowest BCUT2D eigenvalue weighted by Crippen LogP contribution is -2.03. The van der Waals surface area contributed by atoms with Gasteiger partial charge in [0, 0.05) is 23.1 Å². The number of rotatable bonds is 2. The van der Waals surface area contributed by atoms with Gasteiger partial charge < -0.3 is 15.8 Å². The summed E-state index contributed by atoms with van der Waals surface area (Å²) >= 11 is 0. The van der Waals surface area contributed by atoms with Gasteiger partial charge in [-0.15, -0.1) is 0 Å². The van der Waals surface area contributed by atoms with Crippen molar-refractivity contribution in [3.8, 4) is 0 Å². The van der Waals surface area contributed by atoms with Crippen LogP contribution in [0.3, 0.4) is 0 Å². The van der Waals surface area contributed by atoms with Crippen LogP contribution in [0.2, 0.25) is 0 Å². The molecule has 0 saturated heterocycles. The highest BCUT2D eigenvalue weighted by molar-refractivity contribution is 5.94. The SMILES string of the molecule is CC(N)c1c[nH]c2cc(C(=O)O)ccc12. The molecule has 0 aliphatic carbocycles. The van der Waals surface area contributed by atoms with Crippen molar-refractivity contribution in [3.05, 3.63) is 35.5 Å². The van der Waals surface area contributed by atoms with Crippen LogP contribution in [0, 0.1) is 0 Å². The fourth-order valence-electron chi connectivity index (χ4n) is 1.66. The summed E-state index contributed by atoms with van der Waals surface area (Å²) in [7, 11) is 0. The number of benzene rings is 1. The van der Waals surface area contributed by atoms with Crippen LogP contribution in [0.4, 0.5) is 0 Å². The molecule has 4 N–H and O–H groups in total. The predicted molar refractivity (Wildman–Crippen MR) is 57.9 cm³/mol. The Balaban J connectivity index is 2.61. The van der Waals surface area contributed by atoms with E-state index in [2.05, 4.69) is 4.98 Å². The first-order chi connectivity index (χ1) is 7.09. The zero-order chi connectivity index (χ0) is 11.0. The number of carboxylic acids is 1. The fourth-order valence-corrected chi connectivity index (χ4v) is 1.66. The Bertz CT molecular complexity index is 514. The lowest BCUT2D eigenvalue weighted by molar-refractivity contribution is 0.0697. The third-order valence-corrected chi connectivity index (χ3v) is 2.45. The number of aromatic carboxylic acids is 1. The molecular formula is C11H12N2O2. The average molecular weight is 204 g/mol. The molecule has 4 heteroatoms. The molecule has 0 bridgehead atoms. The maximum atomic E-state index is 10.7. The van der Waals surface area contributed by atoms with Crippen molar-refractivity contribution >= 4 is 16.9 Å². The molecule has 2 aromatic rings. The quantitative estimate of drug-likeness (QED) is 0.698. The maximum Gasteiger partial charge on any atom is 0.335 e. The average Bonchev–Trinajstić information content (AvgIpc) is 2.59. The molecule has 1 heterocycles. The molecule has 0 fully saturated rings. The monoisotopic (exact) mass is 204 g/mol. The van der Waals surface area contributed by atoms with Crippen LogP contribution >= 0.6 is 0 Å². The topological polar surface area (TPSA) is 79.1 Å². The third-order valence-electron chi connectivity index (χ3n) is 2.45. The Hall–Kier alpha value is -1.81. The van der Waals surface area contributed by atoms with Gasteiger partial charge in [-0.3, -0.25) is 0 Å². The molecule has 0 saturated carbocycles. The lowest BCUT2D eigenvalue weighted by Gasteiger charge is -2.02. The van der Waals surface area contributed by atoms with Gasteiger partial charge in [0.05, 0.1) is 5.56 Å². The molecule has 1 aromatic heterocycles. The van der Waals surface area contributed by atoms with E-state index in [9.17, 15) is 4.79 Å². The molecule has 0 amide bonds. The number of carboxylic acid groups (broad SMARTS) is 1. The molecule has 78 valence electrons. The zero-order valence-corrected chi connectivity index (χ0v) is 8.32. The van der Waals surface area contributed by atoms with E-state index >= 15 is 0 Å². The van der Waals surface area contributed by atoms with Gasteiger partial charge in [0.25, 0.3) is 0 Å². The van der Waals surface area contributed by atoms with Crippen molar-refractivity contribution in [2.75, 3.05) is 0 Å². The lowest BCUT2D eigenvalue weighted by atomic mass is 10.1. The van der Waals surface area contributed by atoms with E-state index in [0.29, 0.717) is 0 Å². The van der Waals surface area contributed by atoms with Crippen molar-refractivity contribution in [1.29, 1.82) is 0 Å². The molecule has 4 nitrogen and oxygen atoms in total. The van der Waals surface area contributed by atoms with Crippen molar-refractivity contribution in [2.24, 2.45) is 5.73 Å². The standard InChI is InChI=1S/C11H12N2O2/c1-6(12)9-5-13-10-4-7(11(14)15)2-3-8(9)10/h2-6,13H,12H2,1H3,(H,14,15). The van der Waals surface area contributed by atoms with Gasteiger partial charge in [0.15, 0.2) is 0 Å². The summed E-state index contributed by atoms with van der Waals surface area (Å²) in [6.45, 7) is 1.90. The molecule has 1 unspecified atom stereocenters. The van der Waals surface area contributed by atoms with E-state index in [1.54, 1.807) is 18.2 Å². The number of hydrogen-bond donors (Lipinski definition) is 3. The Labute approximate surface area is 86.7 Å². The van der Waals surface area contributed by atoms with Gasteiger partial charge in [-0.2, -0.15) is 0 Å². The van der Waals surface area contributed by atoms with E-state index in [1.807, 2.05) is 13.1 Å². The summed E-state index contributed by atoms with van der Waals surface area (Å²) < 4.78 is 0. The first-order valence-electron chi connectivity index (χ1n) is 4.69. The number of aromatic amines is 1. The first-order valence-corrected chi connectivity index (χ1v) is 4.69. The van der Waals surface area contributed by atoms with Gasteiger partial charge in [-0.1, -0.05) is 6.07 Å². The summed E-state index contributed by atoms with van der Waals surface area (Å²) in [5, 5.41) is 9.80. The van der Waals surface area contributed by atoms with E-state index in [0.717, 1.165) is 16.5 Å². The number of nitrogens with two attached hydrogens (primary N) is 1. The molecular weight excluding hydrogens is 192 g/mol. The number of hydrogen-bond acceptors (Lipinski definition) is 2. The number of H-pyrrole nitrogens is 1. The van der Waals surface area contributed by atoms with Crippen molar-refractivity contribution in [1.82, 2.24) is 4.98 Å². The van der Waals surface area contributed by atoms with Gasteiger partial charge >= 0.3 is 5.97 Å². The Morgan fingerprint density at radius 2 is 2.27 bits per heavy atom. The highest BCUT2D eigenvalue weighted by atomic mass is 16.4. The third kappa shape index (κ3) is 1.59. The predicted octanol–water partition coefficient (Wildman–Crippen LogP) is 1.89. The Morgan fingerprint density at radius 3 is 2.87 bits per heavy atom. The van der Waals surface area contributed by atoms with Gasteiger partial charge in [0.2, 0.25) is 0 Å². The van der Waals surface area contributed by atoms with Gasteiger partial charge in [-0.25, -0.2) is 4.79 Å². The summed E-state index contributed by atoms with van der Waals surface area (Å²) in [5.41, 5.74) is 7.87. The van der Waals surface area contributed by atoms with Crippen molar-refractivity contribution in [2.45, 2.75) is 13.0 Å². The van der Waals surface area contributed by atoms with Crippen LogP contribution in [0.5, 0.6) is 0 Å². The molecule has 2 rings (SSSR count). The van der Waals surface area contributed by atoms with Crippen LogP contribution in [0.15, 0.2) is 24.4 Å². The van der Waals surface area contributed by atoms with Crippen molar-refractivity contribution in [3.63, 3.8) is 0 Å². The van der Waals surface area contributed by atoms with Crippen molar-refractivity contribution < 1.29 is 9.90 Å². The summed E-state index contributed by atoms with van der Waals surface area (Å²) in [6.07, 6.45) is 1.82. The Morgan fingerprint density at radius 1 is 1.53 bits per heavy atom. The van der Waals surface area contributed by atoms with E-state index in [-0.39, 0.29) is 11.6 Å². The fraction of sp³-hybridized carbons (Fsp3) is 0.182. The molecule has 1 atom stereocenters. The molecule has 0 aliphatic heterocycles. The van der Waals surface area contributed by atoms with Crippen LogP contribution in [0.25, 0.3) is 10.9 Å². The van der Waals surface area contributed by atoms with Crippen LogP contribution < -0.4 is 5.73 Å². The Kier molecular flexibility index (Phi) is 2.21. The maximum absolute atomic E-state index is 10.7. The van der Waals surface area contributed by atoms with E-state index in [4.69, 9.17) is 10.8 Å². The minimum Gasteiger partial charge on any atom is -0.478 e. The smallest absolute Gasteiger partial charge is 0.335 e.